The minimum absolute atomic E-state index is 0.0190. The molecule has 5 N–H and O–H groups in total. The Morgan fingerprint density at radius 1 is 0.889 bits per heavy atom. The lowest BCUT2D eigenvalue weighted by atomic mass is 9.85. The molecule has 3 fully saturated rings. The van der Waals surface area contributed by atoms with Gasteiger partial charge in [-0.1, -0.05) is 57.2 Å². The maximum atomic E-state index is 14.2. The molecule has 3 aromatic carbocycles. The van der Waals surface area contributed by atoms with Crippen molar-refractivity contribution in [3.63, 3.8) is 0 Å². The maximum absolute atomic E-state index is 14.2. The highest BCUT2D eigenvalue weighted by molar-refractivity contribution is 7.13. The number of β-amino-alcohol motifs (C(OH)–C–C–N with tert-alkyl or cyclic N) is 1. The smallest absolute Gasteiger partial charge is 0.253 e. The third-order valence-corrected chi connectivity index (χ3v) is 17.0. The van der Waals surface area contributed by atoms with E-state index in [-0.39, 0.29) is 56.1 Å². The van der Waals surface area contributed by atoms with Gasteiger partial charge in [-0.3, -0.25) is 28.9 Å². The Hall–Kier alpha value is -6.48. The summed E-state index contributed by atoms with van der Waals surface area (Å²) in [5, 5.41) is 19.6. The molecule has 8 rings (SSSR count). The minimum Gasteiger partial charge on any atom is -0.391 e. The van der Waals surface area contributed by atoms with Crippen LogP contribution in [0.15, 0.2) is 77.0 Å². The van der Waals surface area contributed by atoms with E-state index in [4.69, 9.17) is 14.2 Å². The number of ether oxygens (including phenoxy) is 3. The van der Waals surface area contributed by atoms with Crippen LogP contribution in [0.2, 0.25) is 0 Å². The lowest BCUT2D eigenvalue weighted by Gasteiger charge is -2.37. The first-order valence-electron chi connectivity index (χ1n) is 28.6. The van der Waals surface area contributed by atoms with Crippen molar-refractivity contribution in [1.29, 1.82) is 0 Å². The summed E-state index contributed by atoms with van der Waals surface area (Å²) >= 11 is 1.58. The Bertz CT molecular complexity index is 3020. The number of aryl methyl sites for hydroxylation is 3. The summed E-state index contributed by atoms with van der Waals surface area (Å²) in [4.78, 5) is 84.8. The summed E-state index contributed by atoms with van der Waals surface area (Å²) in [5.41, 5.74) is 11.6. The number of nitrogens with one attached hydrogen (secondary N) is 4. The van der Waals surface area contributed by atoms with Crippen LogP contribution in [0.4, 0.5) is 11.4 Å². The topological polar surface area (TPSA) is 211 Å². The molecule has 3 aliphatic rings. The van der Waals surface area contributed by atoms with Crippen molar-refractivity contribution in [3.05, 3.63) is 122 Å². The number of aromatic amines is 1. The van der Waals surface area contributed by atoms with Gasteiger partial charge in [0.1, 0.15) is 18.7 Å². The predicted molar refractivity (Wildman–Crippen MR) is 318 cm³/mol. The number of amides is 4. The SMILES string of the molecule is CCN(c1cc(-c2ccc(N3CCN(CCOCCOCC(=O)N[C@H](C(=O)N4C[C@H](O)C[C@H]4C(=O)N[C@@H](C)c4ccc(-c5scnc5C)cc4)C(C)(C)C)CC3)cc2)cc(C(=O)NCc2c(C)cc(C)[nH]c2=O)c1C)C1CCOCC1. The summed E-state index contributed by atoms with van der Waals surface area (Å²) < 4.78 is 17.3. The molecule has 0 bridgehead atoms. The minimum atomic E-state index is -0.969. The first kappa shape index (κ1) is 60.6. The molecular formula is C62H83N9O9S. The fraction of sp³-hybridized carbons (Fsp3) is 0.516. The molecule has 5 aromatic rings. The lowest BCUT2D eigenvalue weighted by molar-refractivity contribution is -0.144. The molecule has 0 saturated carbocycles. The molecule has 0 spiro atoms. The molecular weight excluding hydrogens is 1050 g/mol. The highest BCUT2D eigenvalue weighted by Gasteiger charge is 2.45. The van der Waals surface area contributed by atoms with E-state index in [0.717, 1.165) is 113 Å². The number of rotatable bonds is 22. The molecule has 4 amide bonds. The van der Waals surface area contributed by atoms with Crippen molar-refractivity contribution in [3.8, 4) is 21.6 Å². The van der Waals surface area contributed by atoms with E-state index < -0.39 is 35.4 Å². The summed E-state index contributed by atoms with van der Waals surface area (Å²) in [6, 6.07) is 20.7. The van der Waals surface area contributed by atoms with Crippen molar-refractivity contribution in [2.45, 2.75) is 118 Å². The summed E-state index contributed by atoms with van der Waals surface area (Å²) in [5.74, 6) is -1.49. The third-order valence-electron chi connectivity index (χ3n) is 16.0. The molecule has 0 aliphatic carbocycles. The number of H-pyrrole nitrogens is 1. The second-order valence-corrected chi connectivity index (χ2v) is 23.7. The molecule has 0 radical (unpaired) electrons. The van der Waals surface area contributed by atoms with Gasteiger partial charge in [0.15, 0.2) is 0 Å². The van der Waals surface area contributed by atoms with E-state index in [2.05, 4.69) is 77.9 Å². The van der Waals surface area contributed by atoms with E-state index in [9.17, 15) is 29.1 Å². The zero-order valence-corrected chi connectivity index (χ0v) is 49.5. The number of piperazine rings is 1. The van der Waals surface area contributed by atoms with Gasteiger partial charge in [-0.15, -0.1) is 11.3 Å². The van der Waals surface area contributed by atoms with Gasteiger partial charge in [0.25, 0.3) is 11.5 Å². The zero-order chi connectivity index (χ0) is 58.0. The summed E-state index contributed by atoms with van der Waals surface area (Å²) in [6.45, 7) is 24.5. The van der Waals surface area contributed by atoms with Crippen LogP contribution in [-0.4, -0.2) is 158 Å². The predicted octanol–water partition coefficient (Wildman–Crippen LogP) is 6.86. The van der Waals surface area contributed by atoms with E-state index in [1.807, 2.05) is 97.3 Å². The lowest BCUT2D eigenvalue weighted by Crippen LogP contribution is -2.58. The average Bonchev–Trinajstić information content (AvgIpc) is 4.29. The first-order chi connectivity index (χ1) is 38.8. The molecule has 2 aromatic heterocycles. The van der Waals surface area contributed by atoms with Gasteiger partial charge >= 0.3 is 0 Å². The highest BCUT2D eigenvalue weighted by Crippen LogP contribution is 2.36. The number of benzene rings is 3. The second kappa shape index (κ2) is 27.5. The van der Waals surface area contributed by atoms with Crippen LogP contribution < -0.4 is 31.3 Å². The monoisotopic (exact) mass is 1130 g/mol. The van der Waals surface area contributed by atoms with E-state index in [1.165, 1.54) is 4.90 Å². The van der Waals surface area contributed by atoms with Crippen LogP contribution in [0.1, 0.15) is 104 Å². The molecule has 5 heterocycles. The molecule has 3 aliphatic heterocycles. The highest BCUT2D eigenvalue weighted by atomic mass is 32.1. The largest absolute Gasteiger partial charge is 0.391 e. The summed E-state index contributed by atoms with van der Waals surface area (Å²) in [7, 11) is 0. The number of anilines is 2. The number of aliphatic hydroxyl groups excluding tert-OH is 1. The van der Waals surface area contributed by atoms with Gasteiger partial charge in [0, 0.05) is 106 Å². The van der Waals surface area contributed by atoms with Crippen LogP contribution in [0.5, 0.6) is 0 Å². The number of aromatic nitrogens is 2. The fourth-order valence-corrected chi connectivity index (χ4v) is 12.1. The van der Waals surface area contributed by atoms with Gasteiger partial charge in [0.2, 0.25) is 17.7 Å². The first-order valence-corrected chi connectivity index (χ1v) is 29.5. The van der Waals surface area contributed by atoms with Gasteiger partial charge in [-0.2, -0.15) is 0 Å². The number of hydrogen-bond donors (Lipinski definition) is 5. The standard InChI is InChI=1S/C62H83N9O9S/c1-10-70(49-19-26-78-27-20-49)53-33-47(32-51(41(53)4)58(74)63-35-52-39(2)31-40(3)65-59(52)75)45-15-17-48(18-16-45)69-23-21-68(22-24-69)25-28-79-29-30-80-37-55(73)67-57(62(7,8)9)61(77)71-36-50(72)34-54(71)60(76)66-42(5)44-11-13-46(14-12-44)56-43(6)64-38-81-56/h11-18,31-33,38,42,49-50,54,57,72H,10,19-30,34-37H2,1-9H3,(H,63,74)(H,65,75)(H,66,76)(H,67,73)/t42-,50+,54-,57+/m0/s1. The number of pyridine rings is 1. The third kappa shape index (κ3) is 15.4. The maximum Gasteiger partial charge on any atom is 0.253 e. The number of carbonyl (C=O) groups is 4. The van der Waals surface area contributed by atoms with E-state index in [1.54, 1.807) is 11.3 Å². The van der Waals surface area contributed by atoms with Crippen LogP contribution in [0.25, 0.3) is 21.6 Å². The Labute approximate surface area is 480 Å². The summed E-state index contributed by atoms with van der Waals surface area (Å²) in [6.07, 6.45) is 1.04. The quantitative estimate of drug-likeness (QED) is 0.0449. The molecule has 81 heavy (non-hydrogen) atoms. The van der Waals surface area contributed by atoms with Gasteiger partial charge < -0.3 is 55.0 Å². The number of aliphatic hydroxyl groups is 1. The number of nitrogens with zero attached hydrogens (tertiary/aromatic N) is 5. The Kier molecular flexibility index (Phi) is 20.6. The normalized spacial score (nSPS) is 17.9. The van der Waals surface area contributed by atoms with E-state index in [0.29, 0.717) is 43.6 Å². The van der Waals surface area contributed by atoms with Gasteiger partial charge in [0.05, 0.1) is 48.0 Å². The van der Waals surface area contributed by atoms with Gasteiger partial charge in [-0.05, 0) is 124 Å². The van der Waals surface area contributed by atoms with Crippen LogP contribution in [-0.2, 0) is 35.1 Å². The van der Waals surface area contributed by atoms with Crippen LogP contribution >= 0.6 is 11.3 Å². The Balaban J connectivity index is 0.775. The number of carbonyl (C=O) groups excluding carboxylic acids is 4. The number of likely N-dealkylation sites (tertiary alicyclic amines) is 1. The molecule has 4 atom stereocenters. The van der Waals surface area contributed by atoms with Crippen molar-refractivity contribution < 1.29 is 38.5 Å². The Morgan fingerprint density at radius 3 is 2.23 bits per heavy atom. The van der Waals surface area contributed by atoms with Crippen molar-refractivity contribution >= 4 is 46.3 Å². The fourth-order valence-electron chi connectivity index (χ4n) is 11.3. The number of thiazole rings is 1. The molecule has 18 nitrogen and oxygen atoms in total. The second-order valence-electron chi connectivity index (χ2n) is 22.8. The van der Waals surface area contributed by atoms with Crippen LogP contribution in [0.3, 0.4) is 0 Å². The number of hydrogen-bond acceptors (Lipinski definition) is 14. The van der Waals surface area contributed by atoms with Crippen molar-refractivity contribution in [2.24, 2.45) is 5.41 Å². The van der Waals surface area contributed by atoms with Crippen molar-refractivity contribution in [1.82, 2.24) is 35.7 Å². The molecule has 436 valence electrons. The van der Waals surface area contributed by atoms with Crippen molar-refractivity contribution in [2.75, 3.05) is 95.3 Å². The van der Waals surface area contributed by atoms with Gasteiger partial charge in [-0.25, -0.2) is 4.98 Å². The van der Waals surface area contributed by atoms with E-state index >= 15 is 0 Å². The zero-order valence-electron chi connectivity index (χ0n) is 48.7. The molecule has 3 saturated heterocycles. The molecule has 0 unspecified atom stereocenters. The Morgan fingerprint density at radius 2 is 1.58 bits per heavy atom. The molecule has 19 heteroatoms. The average molecular weight is 1130 g/mol. The van der Waals surface area contributed by atoms with Crippen LogP contribution in [0, 0.1) is 33.1 Å².